The van der Waals surface area contributed by atoms with Gasteiger partial charge in [-0.1, -0.05) is 88.4 Å². The van der Waals surface area contributed by atoms with Gasteiger partial charge < -0.3 is 18.7 Å². The molecule has 0 saturated carbocycles. The number of hydrogen-bond acceptors (Lipinski definition) is 7. The van der Waals surface area contributed by atoms with Gasteiger partial charge in [0.2, 0.25) is 5.91 Å². The highest BCUT2D eigenvalue weighted by molar-refractivity contribution is 6.99. The highest BCUT2D eigenvalue weighted by Gasteiger charge is 2.63. The first-order valence-corrected chi connectivity index (χ1v) is 16.1. The molecule has 0 spiro atoms. The van der Waals surface area contributed by atoms with Crippen molar-refractivity contribution in [3.8, 4) is 0 Å². The predicted octanol–water partition coefficient (Wildman–Crippen LogP) is 2.90. The maximum Gasteiger partial charge on any atom is 0.326 e. The van der Waals surface area contributed by atoms with Gasteiger partial charge >= 0.3 is 12.0 Å². The number of nitrogens with one attached hydrogen (secondary N) is 1. The molecule has 1 N–H and O–H groups in total. The molecule has 3 amide bonds. The van der Waals surface area contributed by atoms with Gasteiger partial charge in [0.25, 0.3) is 8.32 Å². The van der Waals surface area contributed by atoms with Crippen LogP contribution in [-0.4, -0.2) is 67.5 Å². The molecule has 3 fully saturated rings. The van der Waals surface area contributed by atoms with Gasteiger partial charge in [-0.15, -0.1) is 0 Å². The van der Waals surface area contributed by atoms with Crippen LogP contribution in [-0.2, 0) is 28.3 Å². The van der Waals surface area contributed by atoms with Gasteiger partial charge in [0.15, 0.2) is 6.10 Å². The minimum atomic E-state index is -3.02. The lowest BCUT2D eigenvalue weighted by Gasteiger charge is -2.49. The fourth-order valence-electron chi connectivity index (χ4n) is 6.56. The van der Waals surface area contributed by atoms with E-state index in [0.717, 1.165) is 10.4 Å². The molecule has 6 atom stereocenters. The summed E-state index contributed by atoms with van der Waals surface area (Å²) in [5, 5.41) is 4.29. The van der Waals surface area contributed by atoms with Crippen molar-refractivity contribution in [3.05, 3.63) is 60.7 Å². The third-order valence-corrected chi connectivity index (χ3v) is 13.6. The number of imide groups is 1. The van der Waals surface area contributed by atoms with Gasteiger partial charge in [0.05, 0.1) is 24.5 Å². The topological polar surface area (TPSA) is 111 Å². The Balaban J connectivity index is 1.58. The Morgan fingerprint density at radius 1 is 1.00 bits per heavy atom. The molecule has 9 nitrogen and oxygen atoms in total. The van der Waals surface area contributed by atoms with Gasteiger partial charge in [-0.25, -0.2) is 4.79 Å². The van der Waals surface area contributed by atoms with E-state index >= 15 is 0 Å². The zero-order valence-electron chi connectivity index (χ0n) is 24.2. The predicted molar refractivity (Wildman–Crippen MR) is 154 cm³/mol. The number of ketones is 1. The highest BCUT2D eigenvalue weighted by Crippen LogP contribution is 2.45. The van der Waals surface area contributed by atoms with Crippen LogP contribution in [0.15, 0.2) is 60.7 Å². The summed E-state index contributed by atoms with van der Waals surface area (Å²) in [5.41, 5.74) is 0. The third-order valence-electron chi connectivity index (χ3n) is 8.49. The number of ether oxygens (including phenoxy) is 2. The number of hydrogen-bond donors (Lipinski definition) is 1. The fraction of sp³-hybridized carbons (Fsp3) is 0.484. The summed E-state index contributed by atoms with van der Waals surface area (Å²) >= 11 is 0. The summed E-state index contributed by atoms with van der Waals surface area (Å²) in [4.78, 5) is 51.9. The van der Waals surface area contributed by atoms with Crippen LogP contribution in [0.5, 0.6) is 0 Å². The van der Waals surface area contributed by atoms with Gasteiger partial charge in [0.1, 0.15) is 18.1 Å². The summed E-state index contributed by atoms with van der Waals surface area (Å²) in [5.74, 6) is -1.77. The number of nitrogens with zero attached hydrogens (tertiary/aromatic N) is 1. The number of rotatable bonds is 8. The summed E-state index contributed by atoms with van der Waals surface area (Å²) < 4.78 is 19.8. The first-order valence-electron chi connectivity index (χ1n) is 14.2. The molecule has 10 heteroatoms. The van der Waals surface area contributed by atoms with E-state index in [4.69, 9.17) is 13.9 Å². The molecule has 0 aromatic heterocycles. The summed E-state index contributed by atoms with van der Waals surface area (Å²) in [7, 11) is -3.02. The maximum atomic E-state index is 13.1. The molecule has 0 radical (unpaired) electrons. The number of benzene rings is 2. The smallest absolute Gasteiger partial charge is 0.326 e. The minimum Gasteiger partial charge on any atom is -0.457 e. The minimum absolute atomic E-state index is 0.0467. The van der Waals surface area contributed by atoms with E-state index in [2.05, 4.69) is 50.4 Å². The van der Waals surface area contributed by atoms with Crippen molar-refractivity contribution in [2.24, 2.45) is 5.92 Å². The average molecular weight is 579 g/mol. The van der Waals surface area contributed by atoms with Crippen molar-refractivity contribution in [1.29, 1.82) is 0 Å². The first-order chi connectivity index (χ1) is 19.4. The molecule has 3 heterocycles. The Kier molecular flexibility index (Phi) is 7.93. The van der Waals surface area contributed by atoms with E-state index in [0.29, 0.717) is 6.42 Å². The van der Waals surface area contributed by atoms with E-state index in [1.54, 1.807) is 6.92 Å². The van der Waals surface area contributed by atoms with Crippen LogP contribution in [0, 0.1) is 5.92 Å². The number of carbonyl (C=O) groups excluding carboxylic acids is 4. The number of Topliss-reactive ketones (excluding diaryl/α,β-unsaturated/α-hetero) is 1. The Morgan fingerprint density at radius 2 is 1.59 bits per heavy atom. The number of urea groups is 1. The zero-order chi connectivity index (χ0) is 29.5. The molecular weight excluding hydrogens is 540 g/mol. The first kappa shape index (κ1) is 29.2. The third kappa shape index (κ3) is 5.24. The molecular formula is C31H38N2O7Si. The van der Waals surface area contributed by atoms with Crippen LogP contribution in [0.25, 0.3) is 0 Å². The van der Waals surface area contributed by atoms with Gasteiger partial charge in [-0.05, 0) is 22.3 Å². The number of fused-ring (bicyclic) bond motifs is 4. The molecule has 0 aliphatic carbocycles. The van der Waals surface area contributed by atoms with Gasteiger partial charge in [-0.2, -0.15) is 0 Å². The van der Waals surface area contributed by atoms with E-state index in [-0.39, 0.29) is 23.7 Å². The molecule has 41 heavy (non-hydrogen) atoms. The molecule has 3 aliphatic rings. The molecule has 2 aromatic carbocycles. The second kappa shape index (κ2) is 11.1. The summed E-state index contributed by atoms with van der Waals surface area (Å²) in [6, 6.07) is 19.1. The largest absolute Gasteiger partial charge is 0.457 e. The SMILES string of the molecule is CC(=O)CCC(=O)O[C@@H]1[C@H]2O[C@H](C[C@@H]2O[Si](c2ccccc2)(c2ccccc2)C(C)(C)C)N2C(=O)NC(=O)[C@H](C)[C@@H]12. The van der Waals surface area contributed by atoms with Gasteiger partial charge in [-0.3, -0.25) is 19.8 Å². The lowest BCUT2D eigenvalue weighted by molar-refractivity contribution is -0.205. The molecule has 5 rings (SSSR count). The molecule has 2 aromatic rings. The maximum absolute atomic E-state index is 13.1. The summed E-state index contributed by atoms with van der Waals surface area (Å²) in [6.07, 6.45) is -2.50. The van der Waals surface area contributed by atoms with Crippen molar-refractivity contribution < 1.29 is 33.1 Å². The van der Waals surface area contributed by atoms with Crippen molar-refractivity contribution in [3.63, 3.8) is 0 Å². The van der Waals surface area contributed by atoms with Crippen LogP contribution >= 0.6 is 0 Å². The van der Waals surface area contributed by atoms with Crippen molar-refractivity contribution in [2.45, 2.75) is 89.5 Å². The van der Waals surface area contributed by atoms with Crippen molar-refractivity contribution >= 4 is 42.4 Å². The zero-order valence-corrected chi connectivity index (χ0v) is 25.2. The summed E-state index contributed by atoms with van der Waals surface area (Å²) in [6.45, 7) is 9.67. The highest BCUT2D eigenvalue weighted by atomic mass is 28.4. The van der Waals surface area contributed by atoms with Crippen molar-refractivity contribution in [1.82, 2.24) is 10.2 Å². The van der Waals surface area contributed by atoms with Crippen LogP contribution in [0.3, 0.4) is 0 Å². The lowest BCUT2D eigenvalue weighted by atomic mass is 9.88. The Bertz CT molecular complexity index is 1270. The van der Waals surface area contributed by atoms with Crippen LogP contribution in [0.2, 0.25) is 5.04 Å². The lowest BCUT2D eigenvalue weighted by Crippen LogP contribution is -2.71. The van der Waals surface area contributed by atoms with Crippen LogP contribution in [0.4, 0.5) is 4.79 Å². The Labute approximate surface area is 241 Å². The average Bonchev–Trinajstić information content (AvgIpc) is 3.29. The molecule has 0 unspecified atom stereocenters. The number of carbonyl (C=O) groups is 4. The standard InChI is InChI=1S/C31H38N2O7Si/c1-19(34)16-17-25(35)39-28-26-20(2)29(36)32-30(37)33(26)24-18-23(27(28)38-24)40-41(31(3,4)5,21-12-8-6-9-13-21)22-14-10-7-11-15-22/h6-15,20,23-24,26-28H,16-18H2,1-5H3,(H,32,36,37)/t20-,23+,24-,26+,27+,28+/m1/s1. The Hall–Kier alpha value is -3.34. The molecule has 3 saturated heterocycles. The van der Waals surface area contributed by atoms with E-state index in [1.807, 2.05) is 36.4 Å². The fourth-order valence-corrected chi connectivity index (χ4v) is 11.3. The monoisotopic (exact) mass is 578 g/mol. The number of esters is 1. The van der Waals surface area contributed by atoms with Crippen LogP contribution < -0.4 is 15.7 Å². The van der Waals surface area contributed by atoms with Gasteiger partial charge in [0, 0.05) is 12.8 Å². The normalized spacial score (nSPS) is 27.7. The molecule has 218 valence electrons. The van der Waals surface area contributed by atoms with Crippen LogP contribution in [0.1, 0.15) is 53.9 Å². The van der Waals surface area contributed by atoms with E-state index in [1.165, 1.54) is 11.8 Å². The number of amides is 3. The quantitative estimate of drug-likeness (QED) is 0.379. The Morgan fingerprint density at radius 3 is 2.12 bits per heavy atom. The second-order valence-electron chi connectivity index (χ2n) is 12.2. The van der Waals surface area contributed by atoms with E-state index in [9.17, 15) is 19.2 Å². The molecule has 3 aliphatic heterocycles. The second-order valence-corrected chi connectivity index (χ2v) is 16.5. The van der Waals surface area contributed by atoms with E-state index < -0.39 is 62.7 Å². The molecule has 2 bridgehead atoms. The van der Waals surface area contributed by atoms with Crippen molar-refractivity contribution in [2.75, 3.05) is 0 Å².